The van der Waals surface area contributed by atoms with E-state index in [0.29, 0.717) is 13.0 Å². The van der Waals surface area contributed by atoms with Crippen molar-refractivity contribution < 1.29 is 8.78 Å². The van der Waals surface area contributed by atoms with Crippen molar-refractivity contribution in [2.75, 3.05) is 6.54 Å². The van der Waals surface area contributed by atoms with Gasteiger partial charge in [0.2, 0.25) is 0 Å². The molecule has 23 heavy (non-hydrogen) atoms. The molecule has 0 radical (unpaired) electrons. The molecule has 1 N–H and O–H groups in total. The van der Waals surface area contributed by atoms with E-state index >= 15 is 0 Å². The molecule has 4 rings (SSSR count). The zero-order valence-electron chi connectivity index (χ0n) is 12.8. The summed E-state index contributed by atoms with van der Waals surface area (Å²) in [6.07, 6.45) is 1.55. The van der Waals surface area contributed by atoms with Crippen molar-refractivity contribution in [1.82, 2.24) is 9.88 Å². The summed E-state index contributed by atoms with van der Waals surface area (Å²) in [6, 6.07) is 11.8. The number of hydrogen-bond acceptors (Lipinski definition) is 1. The Bertz CT molecular complexity index is 867. The first-order valence-electron chi connectivity index (χ1n) is 7.97. The van der Waals surface area contributed by atoms with Crippen LogP contribution in [-0.4, -0.2) is 11.1 Å². The first-order chi connectivity index (χ1) is 11.2. The summed E-state index contributed by atoms with van der Waals surface area (Å²) in [4.78, 5) is 0. The smallest absolute Gasteiger partial charge is 0.126 e. The van der Waals surface area contributed by atoms with Gasteiger partial charge in [0.1, 0.15) is 11.6 Å². The van der Waals surface area contributed by atoms with Crippen molar-refractivity contribution in [3.8, 4) is 0 Å². The van der Waals surface area contributed by atoms with Gasteiger partial charge in [0.25, 0.3) is 0 Å². The molecule has 118 valence electrons. The van der Waals surface area contributed by atoms with Gasteiger partial charge in [-0.25, -0.2) is 8.78 Å². The van der Waals surface area contributed by atoms with Crippen LogP contribution in [0, 0.1) is 11.6 Å². The third-order valence-electron chi connectivity index (χ3n) is 4.65. The second kappa shape index (κ2) is 5.78. The van der Waals surface area contributed by atoms with E-state index in [1.807, 2.05) is 18.2 Å². The largest absolute Gasteiger partial charge is 0.344 e. The molecule has 2 aromatic carbocycles. The highest BCUT2D eigenvalue weighted by Crippen LogP contribution is 2.29. The molecule has 4 heteroatoms. The van der Waals surface area contributed by atoms with Crippen LogP contribution in [-0.2, 0) is 25.9 Å². The molecule has 0 atom stereocenters. The lowest BCUT2D eigenvalue weighted by molar-refractivity contribution is 0.575. The van der Waals surface area contributed by atoms with Gasteiger partial charge in [0, 0.05) is 42.7 Å². The van der Waals surface area contributed by atoms with Crippen molar-refractivity contribution in [2.24, 2.45) is 0 Å². The van der Waals surface area contributed by atoms with E-state index in [2.05, 4.69) is 9.88 Å². The van der Waals surface area contributed by atoms with Gasteiger partial charge in [-0.05, 0) is 41.8 Å². The molecule has 0 fully saturated rings. The monoisotopic (exact) mass is 312 g/mol. The Balaban J connectivity index is 1.76. The normalized spacial score (nSPS) is 14.2. The molecule has 0 saturated heterocycles. The third-order valence-corrected chi connectivity index (χ3v) is 4.65. The molecule has 0 unspecified atom stereocenters. The Morgan fingerprint density at radius 2 is 1.96 bits per heavy atom. The first kappa shape index (κ1) is 14.4. The van der Waals surface area contributed by atoms with Crippen molar-refractivity contribution in [3.63, 3.8) is 0 Å². The van der Waals surface area contributed by atoms with Gasteiger partial charge in [-0.15, -0.1) is 0 Å². The van der Waals surface area contributed by atoms with E-state index in [4.69, 9.17) is 0 Å². The first-order valence-corrected chi connectivity index (χ1v) is 7.97. The zero-order valence-corrected chi connectivity index (χ0v) is 12.8. The fraction of sp³-hybridized carbons (Fsp3) is 0.263. The van der Waals surface area contributed by atoms with E-state index in [-0.39, 0.29) is 11.6 Å². The highest BCUT2D eigenvalue weighted by atomic mass is 19.1. The summed E-state index contributed by atoms with van der Waals surface area (Å²) in [7, 11) is 0. The molecule has 1 aliphatic rings. The van der Waals surface area contributed by atoms with Crippen LogP contribution in [0.4, 0.5) is 8.78 Å². The highest BCUT2D eigenvalue weighted by molar-refractivity contribution is 5.86. The number of halogens is 2. The predicted octanol–water partition coefficient (Wildman–Crippen LogP) is 3.81. The Morgan fingerprint density at radius 3 is 2.83 bits per heavy atom. The quantitative estimate of drug-likeness (QED) is 0.778. The second-order valence-corrected chi connectivity index (χ2v) is 6.01. The van der Waals surface area contributed by atoms with Crippen LogP contribution in [0.2, 0.25) is 0 Å². The molecule has 0 amide bonds. The maximum Gasteiger partial charge on any atom is 0.126 e. The summed E-state index contributed by atoms with van der Waals surface area (Å²) in [5.74, 6) is -0.373. The molecular formula is C19H18F2N2. The van der Waals surface area contributed by atoms with Crippen molar-refractivity contribution in [1.29, 1.82) is 0 Å². The van der Waals surface area contributed by atoms with Crippen molar-refractivity contribution in [2.45, 2.75) is 25.9 Å². The lowest BCUT2D eigenvalue weighted by Crippen LogP contribution is -2.24. The molecule has 3 aromatic rings. The number of aromatic nitrogens is 1. The fourth-order valence-corrected chi connectivity index (χ4v) is 3.54. The topological polar surface area (TPSA) is 17.0 Å². The van der Waals surface area contributed by atoms with Crippen LogP contribution in [0.3, 0.4) is 0 Å². The lowest BCUT2D eigenvalue weighted by Gasteiger charge is -2.17. The average molecular weight is 312 g/mol. The van der Waals surface area contributed by atoms with Crippen LogP contribution in [0.25, 0.3) is 10.9 Å². The third kappa shape index (κ3) is 2.53. The predicted molar refractivity (Wildman–Crippen MR) is 87.4 cm³/mol. The Morgan fingerprint density at radius 1 is 1.09 bits per heavy atom. The number of rotatable bonds is 3. The maximum absolute atomic E-state index is 13.9. The minimum Gasteiger partial charge on any atom is -0.344 e. The van der Waals surface area contributed by atoms with Crippen LogP contribution in [0.1, 0.15) is 16.8 Å². The highest BCUT2D eigenvalue weighted by Gasteiger charge is 2.20. The van der Waals surface area contributed by atoms with Gasteiger partial charge < -0.3 is 9.88 Å². The second-order valence-electron chi connectivity index (χ2n) is 6.01. The van der Waals surface area contributed by atoms with E-state index in [1.165, 1.54) is 23.4 Å². The lowest BCUT2D eigenvalue weighted by atomic mass is 10.1. The Kier molecular flexibility index (Phi) is 3.62. The minimum atomic E-state index is -0.211. The van der Waals surface area contributed by atoms with E-state index in [9.17, 15) is 8.78 Å². The minimum absolute atomic E-state index is 0.162. The summed E-state index contributed by atoms with van der Waals surface area (Å²) in [6.45, 7) is 2.39. The molecule has 0 spiro atoms. The van der Waals surface area contributed by atoms with Crippen molar-refractivity contribution in [3.05, 3.63) is 70.9 Å². The van der Waals surface area contributed by atoms with Gasteiger partial charge in [-0.1, -0.05) is 18.2 Å². The molecule has 0 aliphatic carbocycles. The van der Waals surface area contributed by atoms with Crippen LogP contribution < -0.4 is 5.32 Å². The SMILES string of the molecule is Fc1ccc2c(c1)c1c(n2CCc2ccccc2F)CCNC1. The zero-order chi connectivity index (χ0) is 15.8. The summed E-state index contributed by atoms with van der Waals surface area (Å²) in [5, 5.41) is 4.33. The number of benzene rings is 2. The number of hydrogen-bond donors (Lipinski definition) is 1. The molecule has 1 aromatic heterocycles. The van der Waals surface area contributed by atoms with Crippen molar-refractivity contribution >= 4 is 10.9 Å². The van der Waals surface area contributed by atoms with Crippen LogP contribution >= 0.6 is 0 Å². The molecule has 2 nitrogen and oxygen atoms in total. The molecule has 1 aliphatic heterocycles. The van der Waals surface area contributed by atoms with E-state index in [0.717, 1.165) is 36.0 Å². The fourth-order valence-electron chi connectivity index (χ4n) is 3.54. The van der Waals surface area contributed by atoms with Gasteiger partial charge in [0.15, 0.2) is 0 Å². The Hall–Kier alpha value is -2.20. The summed E-state index contributed by atoms with van der Waals surface area (Å²) < 4.78 is 29.7. The summed E-state index contributed by atoms with van der Waals surface area (Å²) in [5.41, 5.74) is 4.19. The molecule has 2 heterocycles. The average Bonchev–Trinajstić information content (AvgIpc) is 2.88. The van der Waals surface area contributed by atoms with Crippen LogP contribution in [0.15, 0.2) is 42.5 Å². The van der Waals surface area contributed by atoms with Crippen LogP contribution in [0.5, 0.6) is 0 Å². The Labute approximate surface area is 133 Å². The number of aryl methyl sites for hydroxylation is 2. The summed E-state index contributed by atoms with van der Waals surface area (Å²) >= 11 is 0. The molecular weight excluding hydrogens is 294 g/mol. The van der Waals surface area contributed by atoms with Gasteiger partial charge in [-0.3, -0.25) is 0 Å². The van der Waals surface area contributed by atoms with Gasteiger partial charge in [0.05, 0.1) is 0 Å². The standard InChI is InChI=1S/C19H18F2N2/c20-14-5-6-18-15(11-14)16-12-22-9-7-19(16)23(18)10-8-13-3-1-2-4-17(13)21/h1-6,11,22H,7-10,12H2. The van der Waals surface area contributed by atoms with E-state index in [1.54, 1.807) is 12.1 Å². The molecule has 0 bridgehead atoms. The van der Waals surface area contributed by atoms with E-state index < -0.39 is 0 Å². The number of fused-ring (bicyclic) bond motifs is 3. The van der Waals surface area contributed by atoms with Gasteiger partial charge in [-0.2, -0.15) is 0 Å². The maximum atomic E-state index is 13.9. The number of nitrogens with zero attached hydrogens (tertiary/aromatic N) is 1. The van der Waals surface area contributed by atoms with Gasteiger partial charge >= 0.3 is 0 Å². The number of nitrogens with one attached hydrogen (secondary N) is 1. The molecule has 0 saturated carbocycles.